The number of aromatic nitrogens is 2. The van der Waals surface area contributed by atoms with E-state index >= 15 is 0 Å². The van der Waals surface area contributed by atoms with E-state index in [1.165, 1.54) is 7.11 Å². The summed E-state index contributed by atoms with van der Waals surface area (Å²) in [7, 11) is 1.39. The number of esters is 1. The smallest absolute Gasteiger partial charge is 0.338 e. The Morgan fingerprint density at radius 1 is 1.44 bits per heavy atom. The van der Waals surface area contributed by atoms with Crippen molar-refractivity contribution in [2.45, 2.75) is 17.8 Å². The minimum atomic E-state index is -0.304. The third-order valence-corrected chi connectivity index (χ3v) is 3.40. The van der Waals surface area contributed by atoms with Crippen molar-refractivity contribution in [3.8, 4) is 0 Å². The molecule has 0 saturated carbocycles. The van der Waals surface area contributed by atoms with E-state index in [4.69, 9.17) is 4.74 Å². The monoisotopic (exact) mass is 262 g/mol. The van der Waals surface area contributed by atoms with E-state index in [0.717, 1.165) is 16.4 Å². The second-order valence-corrected chi connectivity index (χ2v) is 4.77. The molecule has 94 valence electrons. The van der Waals surface area contributed by atoms with Crippen molar-refractivity contribution in [3.05, 3.63) is 47.3 Å². The second-order valence-electron chi connectivity index (χ2n) is 3.81. The summed E-state index contributed by atoms with van der Waals surface area (Å²) < 4.78 is 4.76. The van der Waals surface area contributed by atoms with Crippen LogP contribution in [-0.4, -0.2) is 23.0 Å². The molecule has 0 spiro atoms. The molecular weight excluding hydrogens is 248 g/mol. The Hall–Kier alpha value is -1.75. The number of ether oxygens (including phenoxy) is 1. The first-order valence-corrected chi connectivity index (χ1v) is 6.50. The van der Waals surface area contributed by atoms with E-state index in [2.05, 4.69) is 9.97 Å². The van der Waals surface area contributed by atoms with Gasteiger partial charge in [-0.1, -0.05) is 30.0 Å². The molecule has 1 aromatic carbocycles. The predicted molar refractivity (Wildman–Crippen MR) is 70.7 cm³/mol. The Balaban J connectivity index is 2.11. The molecule has 5 heteroatoms. The van der Waals surface area contributed by atoms with Crippen molar-refractivity contribution in [2.24, 2.45) is 0 Å². The lowest BCUT2D eigenvalue weighted by Gasteiger charge is -2.06. The van der Waals surface area contributed by atoms with Crippen LogP contribution in [0.5, 0.6) is 0 Å². The first-order chi connectivity index (χ1) is 8.70. The standard InChI is InChI=1S/C13H14N2O2S/c1-9-7-14-13(15-9)18-8-10-5-3-4-6-11(10)12(16)17-2/h3-7H,8H2,1-2H3,(H,14,15). The van der Waals surface area contributed by atoms with Gasteiger partial charge in [0.2, 0.25) is 0 Å². The van der Waals surface area contributed by atoms with Gasteiger partial charge < -0.3 is 9.72 Å². The van der Waals surface area contributed by atoms with E-state index in [1.807, 2.05) is 25.1 Å². The highest BCUT2D eigenvalue weighted by Crippen LogP contribution is 2.22. The van der Waals surface area contributed by atoms with Gasteiger partial charge in [0.05, 0.1) is 12.7 Å². The molecule has 0 atom stereocenters. The average Bonchev–Trinajstić information content (AvgIpc) is 2.81. The van der Waals surface area contributed by atoms with Gasteiger partial charge in [-0.15, -0.1) is 0 Å². The molecule has 0 aliphatic rings. The molecule has 0 radical (unpaired) electrons. The number of aromatic amines is 1. The lowest BCUT2D eigenvalue weighted by molar-refractivity contribution is 0.0600. The summed E-state index contributed by atoms with van der Waals surface area (Å²) in [4.78, 5) is 19.0. The Morgan fingerprint density at radius 2 is 2.22 bits per heavy atom. The van der Waals surface area contributed by atoms with E-state index in [-0.39, 0.29) is 5.97 Å². The third kappa shape index (κ3) is 2.92. The van der Waals surface area contributed by atoms with Crippen LogP contribution < -0.4 is 0 Å². The third-order valence-electron chi connectivity index (χ3n) is 2.47. The molecule has 2 rings (SSSR count). The Kier molecular flexibility index (Phi) is 4.04. The van der Waals surface area contributed by atoms with Crippen LogP contribution in [-0.2, 0) is 10.5 Å². The fourth-order valence-electron chi connectivity index (χ4n) is 1.56. The number of carbonyl (C=O) groups is 1. The highest BCUT2D eigenvalue weighted by molar-refractivity contribution is 7.98. The maximum Gasteiger partial charge on any atom is 0.338 e. The quantitative estimate of drug-likeness (QED) is 0.680. The molecule has 0 unspecified atom stereocenters. The van der Waals surface area contributed by atoms with Gasteiger partial charge in [0.15, 0.2) is 5.16 Å². The van der Waals surface area contributed by atoms with Gasteiger partial charge in [-0.3, -0.25) is 0 Å². The molecule has 2 aromatic rings. The summed E-state index contributed by atoms with van der Waals surface area (Å²) >= 11 is 1.56. The first kappa shape index (κ1) is 12.7. The van der Waals surface area contributed by atoms with Crippen LogP contribution in [0.2, 0.25) is 0 Å². The largest absolute Gasteiger partial charge is 0.465 e. The molecular formula is C13H14N2O2S. The number of hydrogen-bond donors (Lipinski definition) is 1. The summed E-state index contributed by atoms with van der Waals surface area (Å²) in [5, 5.41) is 0.854. The maximum atomic E-state index is 11.6. The molecule has 1 aromatic heterocycles. The van der Waals surface area contributed by atoms with Crippen molar-refractivity contribution in [1.82, 2.24) is 9.97 Å². The predicted octanol–water partition coefficient (Wildman–Crippen LogP) is 2.80. The highest BCUT2D eigenvalue weighted by atomic mass is 32.2. The van der Waals surface area contributed by atoms with Gasteiger partial charge in [-0.25, -0.2) is 9.78 Å². The van der Waals surface area contributed by atoms with Crippen LogP contribution in [0.15, 0.2) is 35.6 Å². The Morgan fingerprint density at radius 3 is 2.89 bits per heavy atom. The minimum Gasteiger partial charge on any atom is -0.465 e. The zero-order valence-corrected chi connectivity index (χ0v) is 11.1. The van der Waals surface area contributed by atoms with E-state index in [9.17, 15) is 4.79 Å². The molecule has 4 nitrogen and oxygen atoms in total. The first-order valence-electron chi connectivity index (χ1n) is 5.51. The summed E-state index contributed by atoms with van der Waals surface area (Å²) in [6.07, 6.45) is 1.79. The molecule has 1 heterocycles. The molecule has 18 heavy (non-hydrogen) atoms. The number of H-pyrrole nitrogens is 1. The summed E-state index contributed by atoms with van der Waals surface area (Å²) in [5.41, 5.74) is 2.58. The Labute approximate surface area is 110 Å². The fraction of sp³-hybridized carbons (Fsp3) is 0.231. The van der Waals surface area contributed by atoms with Crippen LogP contribution in [0.1, 0.15) is 21.6 Å². The van der Waals surface area contributed by atoms with Gasteiger partial charge in [-0.2, -0.15) is 0 Å². The van der Waals surface area contributed by atoms with Gasteiger partial charge in [-0.05, 0) is 18.6 Å². The van der Waals surface area contributed by atoms with Crippen molar-refractivity contribution < 1.29 is 9.53 Å². The number of carbonyl (C=O) groups excluding carboxylic acids is 1. The van der Waals surface area contributed by atoms with Crippen molar-refractivity contribution >= 4 is 17.7 Å². The average molecular weight is 262 g/mol. The topological polar surface area (TPSA) is 55.0 Å². The fourth-order valence-corrected chi connectivity index (χ4v) is 2.47. The number of benzene rings is 1. The van der Waals surface area contributed by atoms with Crippen molar-refractivity contribution in [3.63, 3.8) is 0 Å². The lowest BCUT2D eigenvalue weighted by Crippen LogP contribution is -2.04. The molecule has 0 saturated heterocycles. The number of nitrogens with zero attached hydrogens (tertiary/aromatic N) is 1. The number of nitrogens with one attached hydrogen (secondary N) is 1. The van der Waals surface area contributed by atoms with Gasteiger partial charge in [0, 0.05) is 17.6 Å². The normalized spacial score (nSPS) is 10.3. The summed E-state index contributed by atoms with van der Waals surface area (Å²) in [6.45, 7) is 1.96. The van der Waals surface area contributed by atoms with Gasteiger partial charge >= 0.3 is 5.97 Å². The Bertz CT molecular complexity index is 551. The number of aryl methyl sites for hydroxylation is 1. The number of thioether (sulfide) groups is 1. The number of imidazole rings is 1. The van der Waals surface area contributed by atoms with Crippen molar-refractivity contribution in [2.75, 3.05) is 7.11 Å². The van der Waals surface area contributed by atoms with Crippen LogP contribution in [0.4, 0.5) is 0 Å². The molecule has 0 bridgehead atoms. The molecule has 0 amide bonds. The van der Waals surface area contributed by atoms with Gasteiger partial charge in [0.1, 0.15) is 0 Å². The van der Waals surface area contributed by atoms with Crippen LogP contribution in [0.25, 0.3) is 0 Å². The zero-order chi connectivity index (χ0) is 13.0. The number of hydrogen-bond acceptors (Lipinski definition) is 4. The minimum absolute atomic E-state index is 0.304. The van der Waals surface area contributed by atoms with Gasteiger partial charge in [0.25, 0.3) is 0 Å². The van der Waals surface area contributed by atoms with Crippen LogP contribution >= 0.6 is 11.8 Å². The van der Waals surface area contributed by atoms with E-state index in [1.54, 1.807) is 24.0 Å². The SMILES string of the molecule is COC(=O)c1ccccc1CSc1ncc(C)[nH]1. The number of rotatable bonds is 4. The van der Waals surface area contributed by atoms with E-state index < -0.39 is 0 Å². The maximum absolute atomic E-state index is 11.6. The highest BCUT2D eigenvalue weighted by Gasteiger charge is 2.11. The molecule has 0 fully saturated rings. The zero-order valence-electron chi connectivity index (χ0n) is 10.3. The molecule has 0 aliphatic heterocycles. The summed E-state index contributed by atoms with van der Waals surface area (Å²) in [6, 6.07) is 7.44. The number of methoxy groups -OCH3 is 1. The second kappa shape index (κ2) is 5.73. The summed E-state index contributed by atoms with van der Waals surface area (Å²) in [5.74, 6) is 0.375. The van der Waals surface area contributed by atoms with Crippen LogP contribution in [0, 0.1) is 6.92 Å². The molecule has 1 N–H and O–H groups in total. The van der Waals surface area contributed by atoms with Crippen molar-refractivity contribution in [1.29, 1.82) is 0 Å². The lowest BCUT2D eigenvalue weighted by atomic mass is 10.1. The van der Waals surface area contributed by atoms with E-state index in [0.29, 0.717) is 11.3 Å². The molecule has 0 aliphatic carbocycles. The van der Waals surface area contributed by atoms with Crippen LogP contribution in [0.3, 0.4) is 0 Å².